The van der Waals surface area contributed by atoms with Crippen LogP contribution in [-0.2, 0) is 36.1 Å². The van der Waals surface area contributed by atoms with Crippen molar-refractivity contribution in [1.29, 1.82) is 0 Å². The number of rotatable bonds is 9. The fraction of sp³-hybridized carbons (Fsp3) is 0.395. The number of anilines is 4. The summed E-state index contributed by atoms with van der Waals surface area (Å²) in [6, 6.07) is 17.7. The number of benzene rings is 3. The van der Waals surface area contributed by atoms with Crippen LogP contribution in [0.4, 0.5) is 23.1 Å². The van der Waals surface area contributed by atoms with Crippen LogP contribution in [0.25, 0.3) is 11.0 Å². The zero-order chi connectivity index (χ0) is 39.2. The van der Waals surface area contributed by atoms with Gasteiger partial charge in [-0.25, -0.2) is 9.67 Å². The summed E-state index contributed by atoms with van der Waals surface area (Å²) in [6.07, 6.45) is 5.71. The van der Waals surface area contributed by atoms with Gasteiger partial charge in [0.2, 0.25) is 17.8 Å². The first-order valence-electron chi connectivity index (χ1n) is 20.0. The van der Waals surface area contributed by atoms with Gasteiger partial charge in [-0.05, 0) is 91.3 Å². The minimum Gasteiger partial charge on any atom is -0.490 e. The first kappa shape index (κ1) is 36.6. The predicted octanol–water partition coefficient (Wildman–Crippen LogP) is 5.13. The Hall–Kier alpha value is -6.02. The maximum Gasteiger partial charge on any atom is 0.255 e. The highest BCUT2D eigenvalue weighted by Crippen LogP contribution is 2.32. The van der Waals surface area contributed by atoms with Crippen molar-refractivity contribution in [2.45, 2.75) is 71.2 Å². The maximum atomic E-state index is 13.5. The van der Waals surface area contributed by atoms with Gasteiger partial charge in [-0.3, -0.25) is 19.3 Å². The molecule has 0 radical (unpaired) electrons. The Bertz CT molecular complexity index is 2370. The molecule has 4 aliphatic rings. The summed E-state index contributed by atoms with van der Waals surface area (Å²) in [4.78, 5) is 54.3. The quantitative estimate of drug-likeness (QED) is 0.184. The van der Waals surface area contributed by atoms with Gasteiger partial charge < -0.3 is 30.5 Å². The highest BCUT2D eigenvalue weighted by molar-refractivity contribution is 6.01. The molecule has 3 N–H and O–H groups in total. The molecule has 14 heteroatoms. The van der Waals surface area contributed by atoms with E-state index < -0.39 is 6.04 Å². The Morgan fingerprint density at radius 2 is 1.75 bits per heavy atom. The molecule has 4 aliphatic heterocycles. The van der Waals surface area contributed by atoms with Crippen molar-refractivity contribution in [3.8, 4) is 5.75 Å². The third-order valence-corrected chi connectivity index (χ3v) is 11.9. The van der Waals surface area contributed by atoms with E-state index in [1.807, 2.05) is 36.2 Å². The van der Waals surface area contributed by atoms with Crippen LogP contribution < -0.4 is 20.7 Å². The number of likely N-dealkylation sites (tertiary alicyclic amines) is 1. The van der Waals surface area contributed by atoms with Gasteiger partial charge in [0.15, 0.2) is 11.5 Å². The van der Waals surface area contributed by atoms with E-state index in [1.165, 1.54) is 11.1 Å². The fourth-order valence-corrected chi connectivity index (χ4v) is 8.68. The van der Waals surface area contributed by atoms with E-state index in [0.717, 1.165) is 77.1 Å². The number of piperidine rings is 2. The highest BCUT2D eigenvalue weighted by atomic mass is 16.5. The average Bonchev–Trinajstić information content (AvgIpc) is 3.70. The molecule has 2 saturated heterocycles. The zero-order valence-corrected chi connectivity index (χ0v) is 32.7. The molecule has 2 aromatic heterocycles. The molecule has 14 nitrogen and oxygen atoms in total. The van der Waals surface area contributed by atoms with Crippen LogP contribution in [0.1, 0.15) is 63.9 Å². The molecule has 3 aromatic carbocycles. The molecule has 0 bridgehead atoms. The van der Waals surface area contributed by atoms with Crippen molar-refractivity contribution in [1.82, 2.24) is 39.8 Å². The second-order valence-corrected chi connectivity index (χ2v) is 15.8. The molecule has 294 valence electrons. The van der Waals surface area contributed by atoms with Gasteiger partial charge in [-0.2, -0.15) is 10.1 Å². The number of aromatic nitrogens is 4. The average molecular weight is 769 g/mol. The summed E-state index contributed by atoms with van der Waals surface area (Å²) < 4.78 is 8.13. The standard InChI is InChI=1S/C43H48N10O4/c1-26-6-4-7-27(2)38(26)47-39-35-22-45-43(48-40(35)50(3)49-39)46-31-10-9-28-13-17-51(23-29(28)20-31)25-37(54)52-18-14-32(15-19-52)57-33-11-12-34-30(21-33)24-53(42(34)56)36-8-5-16-44-41(36)55/h4,6-7,9-12,20-22,32,36H,5,8,13-19,23-25H2,1-3H3,(H,44,55)(H,47,49)(H,45,46,48). The van der Waals surface area contributed by atoms with Crippen molar-refractivity contribution in [2.24, 2.45) is 7.05 Å². The fourth-order valence-electron chi connectivity index (χ4n) is 8.68. The van der Waals surface area contributed by atoms with Gasteiger partial charge in [-0.1, -0.05) is 24.3 Å². The van der Waals surface area contributed by atoms with Gasteiger partial charge in [0.05, 0.1) is 11.9 Å². The molecule has 2 fully saturated rings. The number of nitrogens with one attached hydrogen (secondary N) is 3. The van der Waals surface area contributed by atoms with Crippen LogP contribution in [0, 0.1) is 13.8 Å². The van der Waals surface area contributed by atoms with Crippen LogP contribution in [0.15, 0.2) is 60.8 Å². The minimum absolute atomic E-state index is 0.0127. The van der Waals surface area contributed by atoms with E-state index in [9.17, 15) is 14.4 Å². The molecule has 1 unspecified atom stereocenters. The molecule has 1 atom stereocenters. The van der Waals surface area contributed by atoms with E-state index >= 15 is 0 Å². The number of para-hydroxylation sites is 1. The smallest absolute Gasteiger partial charge is 0.255 e. The van der Waals surface area contributed by atoms with E-state index in [-0.39, 0.29) is 23.8 Å². The Kier molecular flexibility index (Phi) is 9.73. The Morgan fingerprint density at radius 1 is 0.930 bits per heavy atom. The van der Waals surface area contributed by atoms with Crippen molar-refractivity contribution < 1.29 is 19.1 Å². The van der Waals surface area contributed by atoms with Crippen LogP contribution in [0.3, 0.4) is 0 Å². The van der Waals surface area contributed by atoms with E-state index in [0.29, 0.717) is 63.0 Å². The SMILES string of the molecule is Cc1cccc(C)c1Nc1nn(C)c2nc(Nc3ccc4c(c3)CN(CC(=O)N3CCC(Oc5ccc6c(c5)CN(C5CCCNC5=O)C6=O)CC3)CC4)ncc12. The Labute approximate surface area is 331 Å². The van der Waals surface area contributed by atoms with Gasteiger partial charge in [-0.15, -0.1) is 0 Å². The van der Waals surface area contributed by atoms with Crippen molar-refractivity contribution in [3.05, 3.63) is 94.2 Å². The molecule has 3 amide bonds. The molecule has 0 spiro atoms. The van der Waals surface area contributed by atoms with Crippen molar-refractivity contribution in [3.63, 3.8) is 0 Å². The molecule has 57 heavy (non-hydrogen) atoms. The molecule has 0 aliphatic carbocycles. The predicted molar refractivity (Wildman–Crippen MR) is 217 cm³/mol. The van der Waals surface area contributed by atoms with Gasteiger partial charge in [0, 0.05) is 82.3 Å². The lowest BCUT2D eigenvalue weighted by Gasteiger charge is -2.35. The van der Waals surface area contributed by atoms with Gasteiger partial charge >= 0.3 is 0 Å². The van der Waals surface area contributed by atoms with Gasteiger partial charge in [0.1, 0.15) is 17.9 Å². The van der Waals surface area contributed by atoms with Crippen LogP contribution in [0.5, 0.6) is 5.75 Å². The van der Waals surface area contributed by atoms with E-state index in [2.05, 4.69) is 70.0 Å². The lowest BCUT2D eigenvalue weighted by Crippen LogP contribution is -2.50. The topological polar surface area (TPSA) is 150 Å². The summed E-state index contributed by atoms with van der Waals surface area (Å²) in [7, 11) is 1.88. The highest BCUT2D eigenvalue weighted by Gasteiger charge is 2.38. The number of hydrogen-bond acceptors (Lipinski definition) is 10. The maximum absolute atomic E-state index is 13.5. The first-order valence-corrected chi connectivity index (χ1v) is 20.0. The van der Waals surface area contributed by atoms with Crippen LogP contribution >= 0.6 is 0 Å². The number of hydrogen-bond donors (Lipinski definition) is 3. The number of amides is 3. The number of aryl methyl sites for hydroxylation is 3. The van der Waals surface area contributed by atoms with E-state index in [4.69, 9.17) is 14.8 Å². The number of carbonyl (C=O) groups excluding carboxylic acids is 3. The lowest BCUT2D eigenvalue weighted by atomic mass is 9.99. The first-order chi connectivity index (χ1) is 27.7. The molecule has 0 saturated carbocycles. The van der Waals surface area contributed by atoms with Crippen molar-refractivity contribution in [2.75, 3.05) is 43.4 Å². The number of carbonyl (C=O) groups is 3. The summed E-state index contributed by atoms with van der Waals surface area (Å²) >= 11 is 0. The Balaban J connectivity index is 0.776. The summed E-state index contributed by atoms with van der Waals surface area (Å²) in [5.41, 5.74) is 8.94. The number of fused-ring (bicyclic) bond motifs is 3. The van der Waals surface area contributed by atoms with Crippen LogP contribution in [0.2, 0.25) is 0 Å². The summed E-state index contributed by atoms with van der Waals surface area (Å²) in [6.45, 7) is 8.40. The number of ether oxygens (including phenoxy) is 1. The number of nitrogens with zero attached hydrogens (tertiary/aromatic N) is 7. The largest absolute Gasteiger partial charge is 0.490 e. The van der Waals surface area contributed by atoms with Gasteiger partial charge in [0.25, 0.3) is 5.91 Å². The molecular formula is C43H48N10O4. The third kappa shape index (κ3) is 7.37. The molecule has 6 heterocycles. The monoisotopic (exact) mass is 768 g/mol. The molecular weight excluding hydrogens is 721 g/mol. The molecule has 9 rings (SSSR count). The summed E-state index contributed by atoms with van der Waals surface area (Å²) in [5.74, 6) is 1.90. The normalized spacial score (nSPS) is 18.7. The summed E-state index contributed by atoms with van der Waals surface area (Å²) in [5, 5.41) is 15.3. The molecule has 5 aromatic rings. The lowest BCUT2D eigenvalue weighted by molar-refractivity contribution is -0.134. The van der Waals surface area contributed by atoms with E-state index in [1.54, 1.807) is 15.8 Å². The second-order valence-electron chi connectivity index (χ2n) is 15.8. The van der Waals surface area contributed by atoms with Crippen LogP contribution in [-0.4, -0.2) is 97.0 Å². The minimum atomic E-state index is -0.416. The zero-order valence-electron chi connectivity index (χ0n) is 32.7. The van der Waals surface area contributed by atoms with Crippen molar-refractivity contribution >= 4 is 51.9 Å². The second kappa shape index (κ2) is 15.1. The Morgan fingerprint density at radius 3 is 2.56 bits per heavy atom. The third-order valence-electron chi connectivity index (χ3n) is 11.9.